The zero-order chi connectivity index (χ0) is 19.7. The van der Waals surface area contributed by atoms with E-state index in [-0.39, 0.29) is 18.1 Å². The fourth-order valence-electron chi connectivity index (χ4n) is 3.83. The van der Waals surface area contributed by atoms with E-state index in [9.17, 15) is 4.79 Å². The number of hydrogen-bond donors (Lipinski definition) is 0. The number of rotatable bonds is 4. The third-order valence-corrected chi connectivity index (χ3v) is 5.35. The summed E-state index contributed by atoms with van der Waals surface area (Å²) in [4.78, 5) is 15.3. The van der Waals surface area contributed by atoms with Gasteiger partial charge in [0, 0.05) is 29.7 Å². The number of fused-ring (bicyclic) bond motifs is 1. The summed E-state index contributed by atoms with van der Waals surface area (Å²) in [6, 6.07) is 16.3. The lowest BCUT2D eigenvalue weighted by atomic mass is 10.1. The van der Waals surface area contributed by atoms with Gasteiger partial charge in [0.05, 0.1) is 25.8 Å². The van der Waals surface area contributed by atoms with Gasteiger partial charge in [-0.3, -0.25) is 4.79 Å². The zero-order valence-electron chi connectivity index (χ0n) is 16.6. The van der Waals surface area contributed by atoms with Gasteiger partial charge in [0.2, 0.25) is 0 Å². The van der Waals surface area contributed by atoms with Gasteiger partial charge in [0.1, 0.15) is 11.9 Å². The minimum atomic E-state index is -0.0908. The molecular formula is C23H26N2O3. The quantitative estimate of drug-likeness (QED) is 0.674. The van der Waals surface area contributed by atoms with E-state index in [0.717, 1.165) is 27.8 Å². The molecule has 5 nitrogen and oxygen atoms in total. The molecule has 2 heterocycles. The molecule has 146 valence electrons. The normalized spacial score (nSPS) is 17.3. The Morgan fingerprint density at radius 2 is 1.96 bits per heavy atom. The largest absolute Gasteiger partial charge is 0.497 e. The summed E-state index contributed by atoms with van der Waals surface area (Å²) in [7, 11) is 1.65. The van der Waals surface area contributed by atoms with E-state index in [0.29, 0.717) is 19.7 Å². The van der Waals surface area contributed by atoms with Crippen molar-refractivity contribution in [2.24, 2.45) is 0 Å². The second-order valence-electron chi connectivity index (χ2n) is 7.45. The molecule has 0 saturated carbocycles. The van der Waals surface area contributed by atoms with Crippen molar-refractivity contribution >= 4 is 16.8 Å². The van der Waals surface area contributed by atoms with Crippen LogP contribution >= 0.6 is 0 Å². The molecule has 5 heteroatoms. The number of amides is 1. The second kappa shape index (κ2) is 7.68. The molecule has 0 N–H and O–H groups in total. The van der Waals surface area contributed by atoms with Gasteiger partial charge in [0.25, 0.3) is 5.91 Å². The molecule has 1 aliphatic rings. The summed E-state index contributed by atoms with van der Waals surface area (Å²) in [6.07, 6.45) is 1.89. The van der Waals surface area contributed by atoms with E-state index in [4.69, 9.17) is 9.47 Å². The molecule has 0 aliphatic carbocycles. The molecule has 2 aromatic carbocycles. The summed E-state index contributed by atoms with van der Waals surface area (Å²) in [5, 5.41) is 0.931. The molecule has 0 unspecified atom stereocenters. The van der Waals surface area contributed by atoms with Gasteiger partial charge in [0.15, 0.2) is 0 Å². The highest BCUT2D eigenvalue weighted by Gasteiger charge is 2.28. The summed E-state index contributed by atoms with van der Waals surface area (Å²) in [5.74, 6) is 0.800. The van der Waals surface area contributed by atoms with Crippen LogP contribution < -0.4 is 4.74 Å². The van der Waals surface area contributed by atoms with Crippen LogP contribution in [0.1, 0.15) is 41.9 Å². The maximum Gasteiger partial charge on any atom is 0.256 e. The first-order chi connectivity index (χ1) is 13.6. The van der Waals surface area contributed by atoms with E-state index in [1.54, 1.807) is 7.11 Å². The Hall–Kier alpha value is -2.79. The molecule has 0 spiro atoms. The molecule has 3 aromatic rings. The first-order valence-corrected chi connectivity index (χ1v) is 9.73. The van der Waals surface area contributed by atoms with E-state index >= 15 is 0 Å². The molecule has 1 atom stereocenters. The monoisotopic (exact) mass is 378 g/mol. The van der Waals surface area contributed by atoms with Crippen LogP contribution in [-0.4, -0.2) is 42.2 Å². The minimum absolute atomic E-state index is 0.0434. The van der Waals surface area contributed by atoms with Crippen molar-refractivity contribution in [2.75, 3.05) is 26.8 Å². The smallest absolute Gasteiger partial charge is 0.256 e. The summed E-state index contributed by atoms with van der Waals surface area (Å²) < 4.78 is 13.5. The average molecular weight is 378 g/mol. The van der Waals surface area contributed by atoms with Gasteiger partial charge in [-0.05, 0) is 37.6 Å². The number of nitrogens with zero attached hydrogens (tertiary/aromatic N) is 2. The van der Waals surface area contributed by atoms with E-state index in [1.807, 2.05) is 59.6 Å². The summed E-state index contributed by atoms with van der Waals surface area (Å²) >= 11 is 0. The third-order valence-electron chi connectivity index (χ3n) is 5.35. The van der Waals surface area contributed by atoms with Gasteiger partial charge in [-0.1, -0.05) is 30.3 Å². The van der Waals surface area contributed by atoms with E-state index in [1.165, 1.54) is 0 Å². The van der Waals surface area contributed by atoms with Gasteiger partial charge in [-0.25, -0.2) is 0 Å². The number of hydrogen-bond acceptors (Lipinski definition) is 3. The predicted molar refractivity (Wildman–Crippen MR) is 110 cm³/mol. The zero-order valence-corrected chi connectivity index (χ0v) is 16.6. The van der Waals surface area contributed by atoms with Gasteiger partial charge in [-0.2, -0.15) is 0 Å². The molecule has 0 bridgehead atoms. The van der Waals surface area contributed by atoms with Gasteiger partial charge in [-0.15, -0.1) is 0 Å². The Labute approximate surface area is 165 Å². The number of aromatic nitrogens is 1. The molecule has 28 heavy (non-hydrogen) atoms. The van der Waals surface area contributed by atoms with Crippen LogP contribution in [0.3, 0.4) is 0 Å². The van der Waals surface area contributed by atoms with Crippen molar-refractivity contribution in [1.29, 1.82) is 0 Å². The van der Waals surface area contributed by atoms with Crippen LogP contribution in [0.15, 0.2) is 54.7 Å². The van der Waals surface area contributed by atoms with Crippen molar-refractivity contribution < 1.29 is 14.3 Å². The number of benzene rings is 2. The maximum atomic E-state index is 13.4. The van der Waals surface area contributed by atoms with E-state index in [2.05, 4.69) is 18.4 Å². The van der Waals surface area contributed by atoms with Crippen LogP contribution in [-0.2, 0) is 4.74 Å². The van der Waals surface area contributed by atoms with Crippen LogP contribution in [0.4, 0.5) is 0 Å². The lowest BCUT2D eigenvalue weighted by Gasteiger charge is -2.33. The van der Waals surface area contributed by atoms with Crippen molar-refractivity contribution in [2.45, 2.75) is 26.0 Å². The Balaban J connectivity index is 1.68. The molecule has 1 aliphatic heterocycles. The number of ether oxygens (including phenoxy) is 2. The maximum absolute atomic E-state index is 13.4. The molecule has 0 radical (unpaired) electrons. The van der Waals surface area contributed by atoms with Crippen molar-refractivity contribution in [3.05, 3.63) is 65.9 Å². The fourth-order valence-corrected chi connectivity index (χ4v) is 3.83. The molecule has 4 rings (SSSR count). The first kappa shape index (κ1) is 18.6. The average Bonchev–Trinajstić information content (AvgIpc) is 3.13. The minimum Gasteiger partial charge on any atom is -0.497 e. The highest BCUT2D eigenvalue weighted by Crippen LogP contribution is 2.30. The number of carbonyl (C=O) groups excluding carboxylic acids is 1. The van der Waals surface area contributed by atoms with Crippen molar-refractivity contribution in [3.63, 3.8) is 0 Å². The summed E-state index contributed by atoms with van der Waals surface area (Å²) in [5.41, 5.74) is 2.87. The highest BCUT2D eigenvalue weighted by molar-refractivity contribution is 6.07. The Morgan fingerprint density at radius 3 is 2.68 bits per heavy atom. The lowest BCUT2D eigenvalue weighted by molar-refractivity contribution is -0.0227. The third kappa shape index (κ3) is 3.38. The first-order valence-electron chi connectivity index (χ1n) is 9.73. The number of carbonyl (C=O) groups is 1. The fraction of sp³-hybridized carbons (Fsp3) is 0.348. The topological polar surface area (TPSA) is 43.7 Å². The molecular weight excluding hydrogens is 352 g/mol. The van der Waals surface area contributed by atoms with Crippen LogP contribution in [0.25, 0.3) is 10.9 Å². The standard InChI is InChI=1S/C23H26N2O3/c1-16(2)25-14-20(19-13-18(27-3)9-10-21(19)25)23(26)24-11-12-28-22(15-24)17-7-5-4-6-8-17/h4-10,13-14,16,22H,11-12,15H2,1-3H3/t22-/m0/s1. The van der Waals surface area contributed by atoms with Crippen LogP contribution in [0.2, 0.25) is 0 Å². The van der Waals surface area contributed by atoms with Crippen molar-refractivity contribution in [1.82, 2.24) is 9.47 Å². The Bertz CT molecular complexity index is 978. The van der Waals surface area contributed by atoms with Gasteiger partial charge < -0.3 is 18.9 Å². The number of morpholine rings is 1. The highest BCUT2D eigenvalue weighted by atomic mass is 16.5. The predicted octanol–water partition coefficient (Wildman–Crippen LogP) is 4.44. The van der Waals surface area contributed by atoms with Crippen LogP contribution in [0, 0.1) is 0 Å². The molecule has 1 aromatic heterocycles. The van der Waals surface area contributed by atoms with E-state index < -0.39 is 0 Å². The van der Waals surface area contributed by atoms with Crippen LogP contribution in [0.5, 0.6) is 5.75 Å². The van der Waals surface area contributed by atoms with Crippen molar-refractivity contribution in [3.8, 4) is 5.75 Å². The second-order valence-corrected chi connectivity index (χ2v) is 7.45. The lowest BCUT2D eigenvalue weighted by Crippen LogP contribution is -2.42. The molecule has 1 fully saturated rings. The number of methoxy groups -OCH3 is 1. The Morgan fingerprint density at radius 1 is 1.18 bits per heavy atom. The Kier molecular flexibility index (Phi) is 5.09. The SMILES string of the molecule is COc1ccc2c(c1)c(C(=O)N1CCO[C@H](c3ccccc3)C1)cn2C(C)C. The summed E-state index contributed by atoms with van der Waals surface area (Å²) in [6.45, 7) is 5.94. The van der Waals surface area contributed by atoms with Gasteiger partial charge >= 0.3 is 0 Å². The molecule has 1 amide bonds. The molecule has 1 saturated heterocycles.